The number of fused-ring (bicyclic) bond motifs is 1. The van der Waals surface area contributed by atoms with Crippen LogP contribution in [0, 0.1) is 17.2 Å². The number of carboxylic acid groups (broad SMARTS) is 2. The molecule has 0 bridgehead atoms. The normalized spacial score (nSPS) is 18.4. The summed E-state index contributed by atoms with van der Waals surface area (Å²) in [5.74, 6) is -1.08. The molecule has 136 valence electrons. The minimum atomic E-state index is -1.26. The summed E-state index contributed by atoms with van der Waals surface area (Å²) in [6.45, 7) is 1.15. The van der Waals surface area contributed by atoms with E-state index in [0.717, 1.165) is 23.5 Å². The number of aliphatic carboxylic acids is 2. The SMILES string of the molecule is CN(C)C[C@@H]1C[C@H]1c1c[nH]c2ccc(C#N)cc12.O=C(O)/C=C/C(=O)O. The highest BCUT2D eigenvalue weighted by atomic mass is 16.4. The fraction of sp³-hybridized carbons (Fsp3) is 0.316. The molecule has 3 N–H and O–H groups in total. The van der Waals surface area contributed by atoms with Crippen LogP contribution in [0.5, 0.6) is 0 Å². The summed E-state index contributed by atoms with van der Waals surface area (Å²) >= 11 is 0. The second-order valence-electron chi connectivity index (χ2n) is 6.49. The van der Waals surface area contributed by atoms with E-state index in [1.165, 1.54) is 17.4 Å². The van der Waals surface area contributed by atoms with E-state index in [1.54, 1.807) is 0 Å². The Morgan fingerprint density at radius 1 is 1.31 bits per heavy atom. The Hall–Kier alpha value is -3.11. The molecule has 3 rings (SSSR count). The quantitative estimate of drug-likeness (QED) is 0.709. The third-order valence-electron chi connectivity index (χ3n) is 4.13. The molecule has 0 saturated heterocycles. The van der Waals surface area contributed by atoms with E-state index in [-0.39, 0.29) is 0 Å². The van der Waals surface area contributed by atoms with Crippen LogP contribution in [0.1, 0.15) is 23.5 Å². The molecule has 2 aromatic rings. The molecule has 0 aliphatic heterocycles. The lowest BCUT2D eigenvalue weighted by molar-refractivity contribution is -0.134. The number of H-pyrrole nitrogens is 1. The van der Waals surface area contributed by atoms with E-state index >= 15 is 0 Å². The van der Waals surface area contributed by atoms with Crippen LogP contribution in [0.25, 0.3) is 10.9 Å². The molecule has 2 atom stereocenters. The van der Waals surface area contributed by atoms with Crippen molar-refractivity contribution < 1.29 is 19.8 Å². The summed E-state index contributed by atoms with van der Waals surface area (Å²) in [7, 11) is 4.25. The number of carbonyl (C=O) groups is 2. The number of aromatic amines is 1. The molecular formula is C19H21N3O4. The van der Waals surface area contributed by atoms with Gasteiger partial charge in [0, 0.05) is 35.8 Å². The number of carboxylic acids is 2. The molecule has 26 heavy (non-hydrogen) atoms. The van der Waals surface area contributed by atoms with Crippen LogP contribution in [0.15, 0.2) is 36.5 Å². The molecule has 0 amide bonds. The number of nitrogens with zero attached hydrogens (tertiary/aromatic N) is 2. The van der Waals surface area contributed by atoms with Gasteiger partial charge in [-0.3, -0.25) is 0 Å². The third kappa shape index (κ3) is 5.19. The van der Waals surface area contributed by atoms with Gasteiger partial charge in [0.25, 0.3) is 0 Å². The van der Waals surface area contributed by atoms with Crippen LogP contribution in [-0.4, -0.2) is 52.7 Å². The van der Waals surface area contributed by atoms with Crippen LogP contribution in [-0.2, 0) is 9.59 Å². The van der Waals surface area contributed by atoms with Gasteiger partial charge in [0.15, 0.2) is 0 Å². The molecule has 1 saturated carbocycles. The molecule has 1 aliphatic carbocycles. The van der Waals surface area contributed by atoms with Gasteiger partial charge in [0.05, 0.1) is 11.6 Å². The second kappa shape index (κ2) is 8.32. The number of aromatic nitrogens is 1. The van der Waals surface area contributed by atoms with Crippen molar-refractivity contribution in [1.29, 1.82) is 5.26 Å². The first-order valence-corrected chi connectivity index (χ1v) is 8.11. The standard InChI is InChI=1S/C15H17N3.C4H4O4/c1-18(2)9-11-6-12(11)14-8-17-15-4-3-10(7-16)5-13(14)15;5-3(6)1-2-4(7)8/h3-5,8,11-12,17H,6,9H2,1-2H3;1-2H,(H,5,6)(H,7,8)/b;2-1+/t11-,12+;/m0./s1. The zero-order valence-electron chi connectivity index (χ0n) is 14.6. The van der Waals surface area contributed by atoms with Crippen LogP contribution in [0.4, 0.5) is 0 Å². The smallest absolute Gasteiger partial charge is 0.328 e. The van der Waals surface area contributed by atoms with E-state index in [4.69, 9.17) is 15.5 Å². The first-order valence-electron chi connectivity index (χ1n) is 8.11. The lowest BCUT2D eigenvalue weighted by Crippen LogP contribution is -2.15. The van der Waals surface area contributed by atoms with Crippen molar-refractivity contribution in [1.82, 2.24) is 9.88 Å². The van der Waals surface area contributed by atoms with Gasteiger partial charge in [0.1, 0.15) is 0 Å². The lowest BCUT2D eigenvalue weighted by Gasteiger charge is -2.08. The Morgan fingerprint density at radius 2 is 1.96 bits per heavy atom. The maximum absolute atomic E-state index is 9.55. The summed E-state index contributed by atoms with van der Waals surface area (Å²) < 4.78 is 0. The van der Waals surface area contributed by atoms with Gasteiger partial charge in [-0.2, -0.15) is 5.26 Å². The average molecular weight is 355 g/mol. The van der Waals surface area contributed by atoms with Crippen molar-refractivity contribution in [3.63, 3.8) is 0 Å². The molecule has 1 aliphatic rings. The molecule has 1 aromatic carbocycles. The number of benzene rings is 1. The first kappa shape index (κ1) is 19.2. The molecule has 7 heteroatoms. The Labute approximate surface area is 151 Å². The van der Waals surface area contributed by atoms with E-state index in [9.17, 15) is 9.59 Å². The first-order chi connectivity index (χ1) is 12.3. The van der Waals surface area contributed by atoms with Crippen molar-refractivity contribution in [3.05, 3.63) is 47.7 Å². The Morgan fingerprint density at radius 3 is 2.50 bits per heavy atom. The number of hydrogen-bond donors (Lipinski definition) is 3. The van der Waals surface area contributed by atoms with Gasteiger partial charge in [-0.05, 0) is 56.1 Å². The Kier molecular flexibility index (Phi) is 6.15. The lowest BCUT2D eigenvalue weighted by atomic mass is 10.1. The molecule has 1 heterocycles. The van der Waals surface area contributed by atoms with Gasteiger partial charge in [0.2, 0.25) is 0 Å². The van der Waals surface area contributed by atoms with Gasteiger partial charge >= 0.3 is 11.9 Å². The molecule has 7 nitrogen and oxygen atoms in total. The van der Waals surface area contributed by atoms with Gasteiger partial charge in [-0.15, -0.1) is 0 Å². The summed E-state index contributed by atoms with van der Waals surface area (Å²) in [6, 6.07) is 8.09. The van der Waals surface area contributed by atoms with Crippen molar-refractivity contribution in [3.8, 4) is 6.07 Å². The third-order valence-corrected chi connectivity index (χ3v) is 4.13. The predicted molar refractivity (Wildman–Crippen MR) is 96.8 cm³/mol. The van der Waals surface area contributed by atoms with Gasteiger partial charge in [-0.25, -0.2) is 9.59 Å². The topological polar surface area (TPSA) is 117 Å². The number of nitriles is 1. The van der Waals surface area contributed by atoms with Crippen molar-refractivity contribution in [2.24, 2.45) is 5.92 Å². The van der Waals surface area contributed by atoms with Crippen LogP contribution >= 0.6 is 0 Å². The number of rotatable bonds is 5. The minimum absolute atomic E-state index is 0.558. The summed E-state index contributed by atoms with van der Waals surface area (Å²) in [6.07, 6.45) is 4.50. The molecule has 0 unspecified atom stereocenters. The van der Waals surface area contributed by atoms with E-state index in [2.05, 4.69) is 36.2 Å². The minimum Gasteiger partial charge on any atom is -0.478 e. The fourth-order valence-electron chi connectivity index (χ4n) is 2.96. The van der Waals surface area contributed by atoms with Gasteiger partial charge < -0.3 is 20.1 Å². The molecule has 1 fully saturated rings. The predicted octanol–water partition coefficient (Wildman–Crippen LogP) is 2.42. The average Bonchev–Trinajstić information content (AvgIpc) is 3.19. The van der Waals surface area contributed by atoms with E-state index in [1.807, 2.05) is 18.2 Å². The monoisotopic (exact) mass is 355 g/mol. The highest BCUT2D eigenvalue weighted by Gasteiger charge is 2.39. The molecule has 1 aromatic heterocycles. The van der Waals surface area contributed by atoms with Crippen LogP contribution < -0.4 is 0 Å². The zero-order chi connectivity index (χ0) is 19.3. The van der Waals surface area contributed by atoms with E-state index in [0.29, 0.717) is 18.1 Å². The summed E-state index contributed by atoms with van der Waals surface area (Å²) in [4.78, 5) is 24.7. The van der Waals surface area contributed by atoms with Crippen molar-refractivity contribution >= 4 is 22.8 Å². The van der Waals surface area contributed by atoms with E-state index < -0.39 is 11.9 Å². The van der Waals surface area contributed by atoms with Crippen LogP contribution in [0.3, 0.4) is 0 Å². The molecule has 0 spiro atoms. The van der Waals surface area contributed by atoms with Crippen LogP contribution in [0.2, 0.25) is 0 Å². The zero-order valence-corrected chi connectivity index (χ0v) is 14.6. The summed E-state index contributed by atoms with van der Waals surface area (Å²) in [5, 5.41) is 25.8. The molecule has 0 radical (unpaired) electrons. The largest absolute Gasteiger partial charge is 0.478 e. The number of hydrogen-bond acceptors (Lipinski definition) is 4. The fourth-order valence-corrected chi connectivity index (χ4v) is 2.96. The second-order valence-corrected chi connectivity index (χ2v) is 6.49. The highest BCUT2D eigenvalue weighted by molar-refractivity contribution is 5.89. The van der Waals surface area contributed by atoms with Gasteiger partial charge in [-0.1, -0.05) is 0 Å². The van der Waals surface area contributed by atoms with Crippen molar-refractivity contribution in [2.45, 2.75) is 12.3 Å². The summed E-state index contributed by atoms with van der Waals surface area (Å²) in [5.41, 5.74) is 3.27. The highest BCUT2D eigenvalue weighted by Crippen LogP contribution is 2.49. The van der Waals surface area contributed by atoms with Crippen molar-refractivity contribution in [2.75, 3.05) is 20.6 Å². The number of nitrogens with one attached hydrogen (secondary N) is 1. The maximum Gasteiger partial charge on any atom is 0.328 e. The maximum atomic E-state index is 9.55. The molecular weight excluding hydrogens is 334 g/mol. The Bertz CT molecular complexity index is 861. The Balaban J connectivity index is 0.000000260.